The van der Waals surface area contributed by atoms with Gasteiger partial charge in [-0.1, -0.05) is 6.07 Å². The Bertz CT molecular complexity index is 450. The van der Waals surface area contributed by atoms with Crippen molar-refractivity contribution in [2.75, 3.05) is 13.0 Å². The van der Waals surface area contributed by atoms with E-state index in [2.05, 4.69) is 0 Å². The molecule has 3 heteroatoms. The van der Waals surface area contributed by atoms with Crippen molar-refractivity contribution in [1.82, 2.24) is 0 Å². The summed E-state index contributed by atoms with van der Waals surface area (Å²) in [5, 5.41) is 0. The number of halogens is 2. The van der Waals surface area contributed by atoms with Crippen molar-refractivity contribution in [1.29, 1.82) is 0 Å². The van der Waals surface area contributed by atoms with Gasteiger partial charge >= 0.3 is 0 Å². The molecule has 1 aromatic rings. The van der Waals surface area contributed by atoms with Crippen LogP contribution >= 0.6 is 11.6 Å². The molecule has 18 heavy (non-hydrogen) atoms. The Morgan fingerprint density at radius 2 is 2.11 bits per heavy atom. The highest BCUT2D eigenvalue weighted by Crippen LogP contribution is 2.61. The van der Waals surface area contributed by atoms with Crippen molar-refractivity contribution < 1.29 is 9.13 Å². The van der Waals surface area contributed by atoms with Crippen LogP contribution in [0.2, 0.25) is 0 Å². The molecule has 0 aliphatic heterocycles. The minimum absolute atomic E-state index is 0.205. The predicted octanol–water partition coefficient (Wildman–Crippen LogP) is 4.03. The van der Waals surface area contributed by atoms with Crippen molar-refractivity contribution in [2.45, 2.75) is 25.7 Å². The van der Waals surface area contributed by atoms with E-state index < -0.39 is 0 Å². The molecule has 0 N–H and O–H groups in total. The highest BCUT2D eigenvalue weighted by Gasteiger charge is 2.53. The van der Waals surface area contributed by atoms with Gasteiger partial charge in [0.05, 0.1) is 7.11 Å². The molecular formula is C15H18ClFO. The standard InChI is InChI=1S/C15H18ClFO/c1-18-14-3-2-10(4-13(14)17)6-15(9-16)7-11-5-12(11)8-15/h2-4,11-12H,5-9H2,1H3. The molecule has 2 atom stereocenters. The molecule has 1 nitrogen and oxygen atoms in total. The maximum atomic E-state index is 13.7. The molecule has 2 aliphatic carbocycles. The van der Waals surface area contributed by atoms with Gasteiger partial charge in [0.25, 0.3) is 0 Å². The van der Waals surface area contributed by atoms with Crippen LogP contribution in [0.15, 0.2) is 18.2 Å². The molecule has 2 aliphatic rings. The van der Waals surface area contributed by atoms with Gasteiger partial charge in [0.15, 0.2) is 11.6 Å². The fourth-order valence-corrected chi connectivity index (χ4v) is 3.87. The van der Waals surface area contributed by atoms with Gasteiger partial charge in [-0.05, 0) is 60.6 Å². The molecule has 2 unspecified atom stereocenters. The molecular weight excluding hydrogens is 251 g/mol. The summed E-state index contributed by atoms with van der Waals surface area (Å²) in [7, 11) is 1.49. The zero-order chi connectivity index (χ0) is 12.8. The van der Waals surface area contributed by atoms with Gasteiger partial charge in [-0.2, -0.15) is 0 Å². The molecule has 3 rings (SSSR count). The number of fused-ring (bicyclic) bond motifs is 1. The largest absolute Gasteiger partial charge is 0.494 e. The molecule has 1 aromatic carbocycles. The van der Waals surface area contributed by atoms with E-state index in [0.717, 1.165) is 23.8 Å². The average Bonchev–Trinajstić information content (AvgIpc) is 2.98. The third-order valence-corrected chi connectivity index (χ3v) is 5.11. The predicted molar refractivity (Wildman–Crippen MR) is 70.6 cm³/mol. The molecule has 0 spiro atoms. The average molecular weight is 269 g/mol. The molecule has 0 bridgehead atoms. The van der Waals surface area contributed by atoms with Crippen LogP contribution in [0.25, 0.3) is 0 Å². The first-order chi connectivity index (χ1) is 8.65. The van der Waals surface area contributed by atoms with Crippen LogP contribution in [0, 0.1) is 23.1 Å². The maximum absolute atomic E-state index is 13.7. The summed E-state index contributed by atoms with van der Waals surface area (Å²) >= 11 is 6.18. The molecule has 2 fully saturated rings. The number of hydrogen-bond donors (Lipinski definition) is 0. The second-order valence-corrected chi connectivity index (χ2v) is 6.21. The van der Waals surface area contributed by atoms with Crippen molar-refractivity contribution in [3.05, 3.63) is 29.6 Å². The van der Waals surface area contributed by atoms with Crippen LogP contribution in [0.5, 0.6) is 5.75 Å². The number of benzene rings is 1. The molecule has 0 saturated heterocycles. The van der Waals surface area contributed by atoms with Crippen molar-refractivity contribution in [3.8, 4) is 5.75 Å². The van der Waals surface area contributed by atoms with Crippen LogP contribution in [-0.2, 0) is 6.42 Å². The van der Waals surface area contributed by atoms with Crippen LogP contribution in [0.1, 0.15) is 24.8 Å². The van der Waals surface area contributed by atoms with Gasteiger partial charge in [0.1, 0.15) is 0 Å². The Morgan fingerprint density at radius 3 is 2.67 bits per heavy atom. The Balaban J connectivity index is 1.77. The van der Waals surface area contributed by atoms with Gasteiger partial charge in [0.2, 0.25) is 0 Å². The van der Waals surface area contributed by atoms with E-state index in [4.69, 9.17) is 16.3 Å². The molecule has 0 radical (unpaired) electrons. The maximum Gasteiger partial charge on any atom is 0.165 e. The topological polar surface area (TPSA) is 9.23 Å². The minimum Gasteiger partial charge on any atom is -0.494 e. The normalized spacial score (nSPS) is 33.3. The SMILES string of the molecule is COc1ccc(CC2(CCl)CC3CC3C2)cc1F. The van der Waals surface area contributed by atoms with Gasteiger partial charge < -0.3 is 4.74 Å². The van der Waals surface area contributed by atoms with Crippen LogP contribution in [0.3, 0.4) is 0 Å². The van der Waals surface area contributed by atoms with E-state index in [-0.39, 0.29) is 11.2 Å². The van der Waals surface area contributed by atoms with Gasteiger partial charge in [0, 0.05) is 5.88 Å². The molecule has 0 amide bonds. The van der Waals surface area contributed by atoms with E-state index in [1.54, 1.807) is 12.1 Å². The third-order valence-electron chi connectivity index (χ3n) is 4.54. The first-order valence-electron chi connectivity index (χ1n) is 6.54. The van der Waals surface area contributed by atoms with E-state index in [0.29, 0.717) is 11.6 Å². The summed E-state index contributed by atoms with van der Waals surface area (Å²) in [5.74, 6) is 2.52. The second-order valence-electron chi connectivity index (χ2n) is 5.94. The summed E-state index contributed by atoms with van der Waals surface area (Å²) in [5.41, 5.74) is 1.24. The van der Waals surface area contributed by atoms with E-state index in [9.17, 15) is 4.39 Å². The zero-order valence-electron chi connectivity index (χ0n) is 10.6. The Kier molecular flexibility index (Phi) is 3.01. The minimum atomic E-state index is -0.275. The smallest absolute Gasteiger partial charge is 0.165 e. The summed E-state index contributed by atoms with van der Waals surface area (Å²) in [6.07, 6.45) is 4.71. The second kappa shape index (κ2) is 4.41. The molecule has 2 saturated carbocycles. The quantitative estimate of drug-likeness (QED) is 0.749. The summed E-state index contributed by atoms with van der Waals surface area (Å²) in [6.45, 7) is 0. The van der Waals surface area contributed by atoms with Gasteiger partial charge in [-0.25, -0.2) is 4.39 Å². The monoisotopic (exact) mass is 268 g/mol. The van der Waals surface area contributed by atoms with E-state index in [1.165, 1.54) is 26.4 Å². The number of hydrogen-bond acceptors (Lipinski definition) is 1. The molecule has 0 aromatic heterocycles. The van der Waals surface area contributed by atoms with Gasteiger partial charge in [-0.15, -0.1) is 11.6 Å². The lowest BCUT2D eigenvalue weighted by molar-refractivity contribution is 0.302. The summed E-state index contributed by atoms with van der Waals surface area (Å²) in [6, 6.07) is 5.26. The lowest BCUT2D eigenvalue weighted by atomic mass is 9.79. The fraction of sp³-hybridized carbons (Fsp3) is 0.600. The summed E-state index contributed by atoms with van der Waals surface area (Å²) in [4.78, 5) is 0. The number of alkyl halides is 1. The van der Waals surface area contributed by atoms with Crippen LogP contribution in [-0.4, -0.2) is 13.0 Å². The lowest BCUT2D eigenvalue weighted by Gasteiger charge is -2.28. The third kappa shape index (κ3) is 2.11. The van der Waals surface area contributed by atoms with Crippen molar-refractivity contribution in [3.63, 3.8) is 0 Å². The van der Waals surface area contributed by atoms with E-state index in [1.807, 2.05) is 6.07 Å². The van der Waals surface area contributed by atoms with Crippen molar-refractivity contribution >= 4 is 11.6 Å². The molecule has 0 heterocycles. The first-order valence-corrected chi connectivity index (χ1v) is 7.08. The van der Waals surface area contributed by atoms with Gasteiger partial charge in [-0.3, -0.25) is 0 Å². The van der Waals surface area contributed by atoms with Crippen molar-refractivity contribution in [2.24, 2.45) is 17.3 Å². The Labute approximate surface area is 112 Å². The van der Waals surface area contributed by atoms with E-state index >= 15 is 0 Å². The summed E-state index contributed by atoms with van der Waals surface area (Å²) < 4.78 is 18.6. The first kappa shape index (κ1) is 12.3. The number of rotatable bonds is 4. The fourth-order valence-electron chi connectivity index (χ4n) is 3.56. The Hall–Kier alpha value is -0.760. The zero-order valence-corrected chi connectivity index (χ0v) is 11.3. The lowest BCUT2D eigenvalue weighted by Crippen LogP contribution is -2.24. The van der Waals surface area contributed by atoms with Crippen LogP contribution < -0.4 is 4.74 Å². The van der Waals surface area contributed by atoms with Crippen LogP contribution in [0.4, 0.5) is 4.39 Å². The highest BCUT2D eigenvalue weighted by atomic mass is 35.5. The highest BCUT2D eigenvalue weighted by molar-refractivity contribution is 6.18. The Morgan fingerprint density at radius 1 is 1.39 bits per heavy atom. The number of methoxy groups -OCH3 is 1. The molecule has 98 valence electrons. The number of ether oxygens (including phenoxy) is 1.